The lowest BCUT2D eigenvalue weighted by atomic mass is 10.2. The van der Waals surface area contributed by atoms with Gasteiger partial charge in [0.1, 0.15) is 5.69 Å². The van der Waals surface area contributed by atoms with Gasteiger partial charge in [-0.3, -0.25) is 5.32 Å². The first-order chi connectivity index (χ1) is 13.3. The zero-order valence-electron chi connectivity index (χ0n) is 15.2. The number of pyridine rings is 1. The number of aryl methyl sites for hydroxylation is 2. The molecule has 0 bridgehead atoms. The number of alkyl halides is 3. The van der Waals surface area contributed by atoms with Gasteiger partial charge in [-0.2, -0.15) is 21.6 Å². The number of esters is 1. The average Bonchev–Trinajstić information content (AvgIpc) is 2.58. The highest BCUT2D eigenvalue weighted by molar-refractivity contribution is 7.90. The van der Waals surface area contributed by atoms with Gasteiger partial charge in [-0.25, -0.2) is 29.3 Å². The second-order valence-corrected chi connectivity index (χ2v) is 7.17. The molecule has 0 spiro atoms. The van der Waals surface area contributed by atoms with Crippen molar-refractivity contribution in [1.29, 1.82) is 0 Å². The first-order valence-electron chi connectivity index (χ1n) is 7.66. The molecule has 2 aromatic heterocycles. The highest BCUT2D eigenvalue weighted by atomic mass is 32.2. The summed E-state index contributed by atoms with van der Waals surface area (Å²) < 4.78 is 69.4. The van der Waals surface area contributed by atoms with Gasteiger partial charge in [-0.15, -0.1) is 0 Å². The summed E-state index contributed by atoms with van der Waals surface area (Å²) in [6, 6.07) is 1.22. The van der Waals surface area contributed by atoms with E-state index in [0.29, 0.717) is 23.5 Å². The molecule has 2 aromatic rings. The number of urea groups is 1. The molecule has 29 heavy (non-hydrogen) atoms. The standard InChI is InChI=1S/C15H14F3N5O5S/c1-7-6-8(2)20-13(19-7)22-14(25)23-29(26,27)11-9(12(24)28-3)4-5-10(21-11)15(16,17)18/h4-6H,1-3H3,(H2,19,20,22,23,25). The van der Waals surface area contributed by atoms with Gasteiger partial charge >= 0.3 is 18.2 Å². The molecule has 0 atom stereocenters. The Morgan fingerprint density at radius 2 is 1.66 bits per heavy atom. The molecule has 2 heterocycles. The van der Waals surface area contributed by atoms with Crippen LogP contribution < -0.4 is 10.0 Å². The van der Waals surface area contributed by atoms with Crippen LogP contribution in [0, 0.1) is 13.8 Å². The molecule has 2 N–H and O–H groups in total. The predicted molar refractivity (Wildman–Crippen MR) is 91.4 cm³/mol. The average molecular weight is 433 g/mol. The van der Waals surface area contributed by atoms with Crippen molar-refractivity contribution in [3.8, 4) is 0 Å². The SMILES string of the molecule is COC(=O)c1ccc(C(F)(F)F)nc1S(=O)(=O)NC(=O)Nc1nc(C)cc(C)n1. The molecule has 156 valence electrons. The second kappa shape index (κ2) is 7.98. The molecule has 14 heteroatoms. The van der Waals surface area contributed by atoms with Gasteiger partial charge in [0.2, 0.25) is 5.95 Å². The lowest BCUT2D eigenvalue weighted by molar-refractivity contribution is -0.141. The van der Waals surface area contributed by atoms with E-state index in [2.05, 4.69) is 19.7 Å². The summed E-state index contributed by atoms with van der Waals surface area (Å²) in [7, 11) is -4.10. The molecule has 0 saturated carbocycles. The fraction of sp³-hybridized carbons (Fsp3) is 0.267. The second-order valence-electron chi connectivity index (χ2n) is 5.57. The molecule has 0 fully saturated rings. The number of hydrogen-bond acceptors (Lipinski definition) is 8. The van der Waals surface area contributed by atoms with Crippen LogP contribution in [0.2, 0.25) is 0 Å². The van der Waals surface area contributed by atoms with E-state index in [1.807, 2.05) is 5.32 Å². The highest BCUT2D eigenvalue weighted by Crippen LogP contribution is 2.29. The van der Waals surface area contributed by atoms with Gasteiger partial charge in [0.25, 0.3) is 10.0 Å². The van der Waals surface area contributed by atoms with Crippen LogP contribution in [-0.4, -0.2) is 42.5 Å². The molecular formula is C15H14F3N5O5S. The number of methoxy groups -OCH3 is 1. The monoisotopic (exact) mass is 433 g/mol. The van der Waals surface area contributed by atoms with Crippen molar-refractivity contribution in [3.05, 3.63) is 40.8 Å². The number of sulfonamides is 1. The third-order valence-corrected chi connectivity index (χ3v) is 4.52. The summed E-state index contributed by atoms with van der Waals surface area (Å²) in [4.78, 5) is 34.5. The normalized spacial score (nSPS) is 11.7. The smallest absolute Gasteiger partial charge is 0.433 e. The quantitative estimate of drug-likeness (QED) is 0.696. The fourth-order valence-electron chi connectivity index (χ4n) is 2.15. The largest absolute Gasteiger partial charge is 0.465 e. The van der Waals surface area contributed by atoms with Crippen LogP contribution in [0.25, 0.3) is 0 Å². The van der Waals surface area contributed by atoms with Crippen molar-refractivity contribution >= 4 is 28.0 Å². The van der Waals surface area contributed by atoms with E-state index < -0.39 is 44.5 Å². The van der Waals surface area contributed by atoms with Crippen molar-refractivity contribution < 1.29 is 35.9 Å². The van der Waals surface area contributed by atoms with Gasteiger partial charge < -0.3 is 4.74 Å². The summed E-state index contributed by atoms with van der Waals surface area (Å²) in [6.07, 6.45) is -4.99. The number of rotatable bonds is 4. The van der Waals surface area contributed by atoms with E-state index in [4.69, 9.17) is 0 Å². The maximum absolute atomic E-state index is 12.9. The molecule has 0 aromatic carbocycles. The Kier molecular flexibility index (Phi) is 6.06. The summed E-state index contributed by atoms with van der Waals surface area (Å²) >= 11 is 0. The Balaban J connectivity index is 2.40. The van der Waals surface area contributed by atoms with E-state index in [0.717, 1.165) is 7.11 Å². The van der Waals surface area contributed by atoms with Crippen LogP contribution in [0.15, 0.2) is 23.2 Å². The zero-order valence-corrected chi connectivity index (χ0v) is 16.0. The highest BCUT2D eigenvalue weighted by Gasteiger charge is 2.36. The number of amides is 2. The summed E-state index contributed by atoms with van der Waals surface area (Å²) in [5.41, 5.74) is -1.42. The van der Waals surface area contributed by atoms with Crippen LogP contribution in [0.1, 0.15) is 27.4 Å². The Morgan fingerprint density at radius 3 is 2.17 bits per heavy atom. The van der Waals surface area contributed by atoms with Crippen LogP contribution in [0.3, 0.4) is 0 Å². The van der Waals surface area contributed by atoms with Crippen molar-refractivity contribution in [1.82, 2.24) is 19.7 Å². The first-order valence-corrected chi connectivity index (χ1v) is 9.14. The fourth-order valence-corrected chi connectivity index (χ4v) is 3.20. The number of anilines is 1. The van der Waals surface area contributed by atoms with Gasteiger partial charge in [0.15, 0.2) is 5.03 Å². The first kappa shape index (κ1) is 22.0. The number of nitrogens with zero attached hydrogens (tertiary/aromatic N) is 3. The molecule has 0 saturated heterocycles. The van der Waals surface area contributed by atoms with Crippen molar-refractivity contribution in [2.75, 3.05) is 12.4 Å². The molecule has 0 radical (unpaired) electrons. The van der Waals surface area contributed by atoms with E-state index in [9.17, 15) is 31.2 Å². The van der Waals surface area contributed by atoms with E-state index >= 15 is 0 Å². The third kappa shape index (κ3) is 5.37. The molecule has 0 aliphatic heterocycles. The van der Waals surface area contributed by atoms with E-state index in [1.54, 1.807) is 19.9 Å². The van der Waals surface area contributed by atoms with Crippen molar-refractivity contribution in [3.63, 3.8) is 0 Å². The van der Waals surface area contributed by atoms with Crippen LogP contribution >= 0.6 is 0 Å². The zero-order chi connectivity index (χ0) is 22.0. The lowest BCUT2D eigenvalue weighted by Gasteiger charge is -2.13. The van der Waals surface area contributed by atoms with Crippen molar-refractivity contribution in [2.24, 2.45) is 0 Å². The Bertz CT molecular complexity index is 1050. The lowest BCUT2D eigenvalue weighted by Crippen LogP contribution is -2.36. The van der Waals surface area contributed by atoms with Crippen LogP contribution in [0.4, 0.5) is 23.9 Å². The maximum Gasteiger partial charge on any atom is 0.433 e. The van der Waals surface area contributed by atoms with Crippen molar-refractivity contribution in [2.45, 2.75) is 25.0 Å². The molecule has 0 unspecified atom stereocenters. The number of hydrogen-bond donors (Lipinski definition) is 2. The molecule has 0 aliphatic carbocycles. The minimum absolute atomic E-state index is 0.236. The van der Waals surface area contributed by atoms with Crippen LogP contribution in [0.5, 0.6) is 0 Å². The Hall–Kier alpha value is -3.29. The summed E-state index contributed by atoms with van der Waals surface area (Å²) in [5, 5.41) is 0.716. The maximum atomic E-state index is 12.9. The molecule has 0 aliphatic rings. The summed E-state index contributed by atoms with van der Waals surface area (Å²) in [6.45, 7) is 3.20. The van der Waals surface area contributed by atoms with Crippen LogP contribution in [-0.2, 0) is 20.9 Å². The van der Waals surface area contributed by atoms with E-state index in [1.165, 1.54) is 4.72 Å². The topological polar surface area (TPSA) is 140 Å². The summed E-state index contributed by atoms with van der Waals surface area (Å²) in [5.74, 6) is -1.50. The number of ether oxygens (including phenoxy) is 1. The number of carbonyl (C=O) groups excluding carboxylic acids is 2. The number of nitrogens with one attached hydrogen (secondary N) is 2. The van der Waals surface area contributed by atoms with Gasteiger partial charge in [0, 0.05) is 11.4 Å². The minimum atomic E-state index is -5.00. The molecule has 10 nitrogen and oxygen atoms in total. The predicted octanol–water partition coefficient (Wildman–Crippen LogP) is 1.80. The van der Waals surface area contributed by atoms with E-state index in [-0.39, 0.29) is 5.95 Å². The number of halogens is 3. The molecule has 2 rings (SSSR count). The number of aromatic nitrogens is 3. The minimum Gasteiger partial charge on any atom is -0.465 e. The molecular weight excluding hydrogens is 419 g/mol. The van der Waals surface area contributed by atoms with Gasteiger partial charge in [-0.05, 0) is 32.0 Å². The van der Waals surface area contributed by atoms with Gasteiger partial charge in [0.05, 0.1) is 12.7 Å². The molecule has 2 amide bonds. The Morgan fingerprint density at radius 1 is 1.07 bits per heavy atom. The van der Waals surface area contributed by atoms with Gasteiger partial charge in [-0.1, -0.05) is 0 Å². The third-order valence-electron chi connectivity index (χ3n) is 3.25. The Labute approximate surface area is 162 Å². The number of carbonyl (C=O) groups is 2.